The van der Waals surface area contributed by atoms with Crippen LogP contribution >= 0.6 is 0 Å². The van der Waals surface area contributed by atoms with Crippen LogP contribution in [0.5, 0.6) is 0 Å². The van der Waals surface area contributed by atoms with E-state index in [2.05, 4.69) is 4.90 Å². The molecule has 1 aliphatic rings. The highest BCUT2D eigenvalue weighted by Crippen LogP contribution is 2.24. The van der Waals surface area contributed by atoms with Crippen molar-refractivity contribution < 1.29 is 15.0 Å². The smallest absolute Gasteiger partial charge is 0.227 e. The molecule has 2 N–H and O–H groups in total. The molecule has 1 aromatic carbocycles. The van der Waals surface area contributed by atoms with E-state index < -0.39 is 0 Å². The van der Waals surface area contributed by atoms with Gasteiger partial charge in [0.25, 0.3) is 0 Å². The third-order valence-corrected chi connectivity index (χ3v) is 4.63. The average Bonchev–Trinajstić information content (AvgIpc) is 2.90. The standard InChI is InChI=1S/C18H28N2O3/c1-14-4-3-5-15(8-14)9-18(23)20-11-16(17(12-20)13-22)10-19(2)6-7-21/h3-5,8,16-17,21-22H,6-7,9-13H2,1-2H3/t16-,17-/m1/s1. The Balaban J connectivity index is 1.94. The Morgan fingerprint density at radius 3 is 2.70 bits per heavy atom. The molecule has 1 saturated heterocycles. The average molecular weight is 320 g/mol. The number of carbonyl (C=O) groups is 1. The molecular weight excluding hydrogens is 292 g/mol. The van der Waals surface area contributed by atoms with Gasteiger partial charge in [0.05, 0.1) is 13.0 Å². The zero-order valence-electron chi connectivity index (χ0n) is 14.1. The molecule has 1 fully saturated rings. The van der Waals surface area contributed by atoms with Crippen molar-refractivity contribution in [1.29, 1.82) is 0 Å². The second-order valence-electron chi connectivity index (χ2n) is 6.65. The van der Waals surface area contributed by atoms with Crippen molar-refractivity contribution in [2.75, 3.05) is 46.4 Å². The lowest BCUT2D eigenvalue weighted by Crippen LogP contribution is -2.34. The van der Waals surface area contributed by atoms with Crippen LogP contribution in [0.3, 0.4) is 0 Å². The molecular formula is C18H28N2O3. The van der Waals surface area contributed by atoms with E-state index in [1.165, 1.54) is 0 Å². The summed E-state index contributed by atoms with van der Waals surface area (Å²) in [6.45, 7) is 4.98. The van der Waals surface area contributed by atoms with E-state index in [-0.39, 0.29) is 31.0 Å². The number of likely N-dealkylation sites (tertiary alicyclic amines) is 1. The first kappa shape index (κ1) is 17.9. The van der Waals surface area contributed by atoms with Gasteiger partial charge < -0.3 is 20.0 Å². The van der Waals surface area contributed by atoms with Crippen LogP contribution in [0.2, 0.25) is 0 Å². The topological polar surface area (TPSA) is 64.0 Å². The van der Waals surface area contributed by atoms with Gasteiger partial charge in [0.2, 0.25) is 5.91 Å². The Kier molecular flexibility index (Phi) is 6.57. The van der Waals surface area contributed by atoms with E-state index in [0.29, 0.717) is 26.1 Å². The molecule has 128 valence electrons. The van der Waals surface area contributed by atoms with Gasteiger partial charge in [0.15, 0.2) is 0 Å². The molecule has 0 aliphatic carbocycles. The van der Waals surface area contributed by atoms with Crippen LogP contribution in [0, 0.1) is 18.8 Å². The van der Waals surface area contributed by atoms with Crippen LogP contribution < -0.4 is 0 Å². The van der Waals surface area contributed by atoms with Gasteiger partial charge in [-0.25, -0.2) is 0 Å². The first-order chi connectivity index (χ1) is 11.0. The van der Waals surface area contributed by atoms with Crippen LogP contribution in [-0.4, -0.2) is 72.4 Å². The van der Waals surface area contributed by atoms with Crippen LogP contribution in [0.25, 0.3) is 0 Å². The number of rotatable bonds is 7. The summed E-state index contributed by atoms with van der Waals surface area (Å²) < 4.78 is 0. The lowest BCUT2D eigenvalue weighted by molar-refractivity contribution is -0.129. The number of hydrogen-bond donors (Lipinski definition) is 2. The monoisotopic (exact) mass is 320 g/mol. The predicted octanol–water partition coefficient (Wildman–Crippen LogP) is 0.529. The van der Waals surface area contributed by atoms with Gasteiger partial charge in [0.1, 0.15) is 0 Å². The van der Waals surface area contributed by atoms with Crippen molar-refractivity contribution in [2.45, 2.75) is 13.3 Å². The zero-order valence-corrected chi connectivity index (χ0v) is 14.1. The maximum atomic E-state index is 12.5. The first-order valence-electron chi connectivity index (χ1n) is 8.27. The quantitative estimate of drug-likeness (QED) is 0.769. The summed E-state index contributed by atoms with van der Waals surface area (Å²) in [4.78, 5) is 16.5. The maximum Gasteiger partial charge on any atom is 0.227 e. The van der Waals surface area contributed by atoms with Crippen molar-refractivity contribution in [1.82, 2.24) is 9.80 Å². The number of benzene rings is 1. The van der Waals surface area contributed by atoms with Gasteiger partial charge in [-0.05, 0) is 25.5 Å². The molecule has 1 amide bonds. The van der Waals surface area contributed by atoms with Gasteiger partial charge in [-0.2, -0.15) is 0 Å². The fourth-order valence-corrected chi connectivity index (χ4v) is 3.33. The highest BCUT2D eigenvalue weighted by molar-refractivity contribution is 5.79. The summed E-state index contributed by atoms with van der Waals surface area (Å²) in [5, 5.41) is 18.6. The molecule has 0 unspecified atom stereocenters. The second-order valence-corrected chi connectivity index (χ2v) is 6.65. The number of nitrogens with zero attached hydrogens (tertiary/aromatic N) is 2. The summed E-state index contributed by atoms with van der Waals surface area (Å²) in [7, 11) is 1.96. The maximum absolute atomic E-state index is 12.5. The number of hydrogen-bond acceptors (Lipinski definition) is 4. The number of carbonyl (C=O) groups excluding carboxylic acids is 1. The van der Waals surface area contributed by atoms with Gasteiger partial charge in [-0.1, -0.05) is 29.8 Å². The molecule has 1 heterocycles. The second kappa shape index (κ2) is 8.43. The molecule has 0 bridgehead atoms. The molecule has 2 atom stereocenters. The van der Waals surface area contributed by atoms with Gasteiger partial charge in [-0.15, -0.1) is 0 Å². The van der Waals surface area contributed by atoms with Crippen LogP contribution in [-0.2, 0) is 11.2 Å². The summed E-state index contributed by atoms with van der Waals surface area (Å²) in [5.74, 6) is 0.511. The molecule has 5 nitrogen and oxygen atoms in total. The van der Waals surface area contributed by atoms with E-state index >= 15 is 0 Å². The predicted molar refractivity (Wildman–Crippen MR) is 90.1 cm³/mol. The molecule has 0 saturated carbocycles. The van der Waals surface area contributed by atoms with Crippen molar-refractivity contribution in [2.24, 2.45) is 11.8 Å². The largest absolute Gasteiger partial charge is 0.396 e. The normalized spacial score (nSPS) is 21.2. The van der Waals surface area contributed by atoms with Crippen LogP contribution in [0.1, 0.15) is 11.1 Å². The first-order valence-corrected chi connectivity index (χ1v) is 8.27. The summed E-state index contributed by atoms with van der Waals surface area (Å²) in [5.41, 5.74) is 2.20. The Labute approximate surface area is 138 Å². The van der Waals surface area contributed by atoms with E-state index in [4.69, 9.17) is 5.11 Å². The zero-order chi connectivity index (χ0) is 16.8. The third kappa shape index (κ3) is 5.03. The minimum absolute atomic E-state index is 0.103. The molecule has 1 aromatic rings. The Morgan fingerprint density at radius 1 is 1.30 bits per heavy atom. The highest BCUT2D eigenvalue weighted by Gasteiger charge is 2.35. The fourth-order valence-electron chi connectivity index (χ4n) is 3.33. The molecule has 0 spiro atoms. The fraction of sp³-hybridized carbons (Fsp3) is 0.611. The van der Waals surface area contributed by atoms with Crippen molar-refractivity contribution in [3.63, 3.8) is 0 Å². The minimum Gasteiger partial charge on any atom is -0.396 e. The lowest BCUT2D eigenvalue weighted by Gasteiger charge is -2.23. The Bertz CT molecular complexity index is 521. The summed E-state index contributed by atoms with van der Waals surface area (Å²) >= 11 is 0. The molecule has 1 aliphatic heterocycles. The highest BCUT2D eigenvalue weighted by atomic mass is 16.3. The van der Waals surface area contributed by atoms with Gasteiger partial charge in [0, 0.05) is 38.7 Å². The Morgan fingerprint density at radius 2 is 2.04 bits per heavy atom. The summed E-state index contributed by atoms with van der Waals surface area (Å²) in [6.07, 6.45) is 0.416. The molecule has 2 rings (SSSR count). The van der Waals surface area contributed by atoms with E-state index in [9.17, 15) is 9.90 Å². The lowest BCUT2D eigenvalue weighted by atomic mass is 9.96. The number of amides is 1. The van der Waals surface area contributed by atoms with Crippen molar-refractivity contribution in [3.05, 3.63) is 35.4 Å². The van der Waals surface area contributed by atoms with E-state index in [1.54, 1.807) is 0 Å². The number of aliphatic hydroxyl groups is 2. The van der Waals surface area contributed by atoms with Crippen LogP contribution in [0.4, 0.5) is 0 Å². The van der Waals surface area contributed by atoms with Crippen molar-refractivity contribution >= 4 is 5.91 Å². The molecule has 23 heavy (non-hydrogen) atoms. The molecule has 5 heteroatoms. The van der Waals surface area contributed by atoms with Crippen LogP contribution in [0.15, 0.2) is 24.3 Å². The molecule has 0 aromatic heterocycles. The van der Waals surface area contributed by atoms with Gasteiger partial charge in [-0.3, -0.25) is 4.79 Å². The SMILES string of the molecule is Cc1cccc(CC(=O)N2C[C@@H](CN(C)CCO)[C@@H](CO)C2)c1. The Hall–Kier alpha value is -1.43. The molecule has 0 radical (unpaired) electrons. The van der Waals surface area contributed by atoms with Crippen molar-refractivity contribution in [3.8, 4) is 0 Å². The number of likely N-dealkylation sites (N-methyl/N-ethyl adjacent to an activating group) is 1. The number of aryl methyl sites for hydroxylation is 1. The third-order valence-electron chi connectivity index (χ3n) is 4.63. The van der Waals surface area contributed by atoms with E-state index in [0.717, 1.165) is 17.7 Å². The number of aliphatic hydroxyl groups excluding tert-OH is 2. The van der Waals surface area contributed by atoms with E-state index in [1.807, 2.05) is 43.1 Å². The minimum atomic E-state index is 0.103. The van der Waals surface area contributed by atoms with Gasteiger partial charge >= 0.3 is 0 Å². The summed E-state index contributed by atoms with van der Waals surface area (Å²) in [6, 6.07) is 8.03.